The number of benzene rings is 3. The molecule has 0 aliphatic carbocycles. The van der Waals surface area contributed by atoms with E-state index < -0.39 is 11.9 Å². The molecule has 3 rings (SSSR count). The quantitative estimate of drug-likeness (QED) is 0.231. The van der Waals surface area contributed by atoms with Crippen molar-refractivity contribution in [2.75, 3.05) is 13.7 Å². The number of carbonyl (C=O) groups excluding carboxylic acids is 2. The van der Waals surface area contributed by atoms with Gasteiger partial charge in [-0.3, -0.25) is 0 Å². The van der Waals surface area contributed by atoms with Crippen LogP contribution >= 0.6 is 0 Å². The van der Waals surface area contributed by atoms with Gasteiger partial charge in [-0.1, -0.05) is 19.8 Å². The maximum atomic E-state index is 12.4. The molecular weight excluding hydrogens is 408 g/mol. The minimum atomic E-state index is -0.491. The van der Waals surface area contributed by atoms with Crippen molar-refractivity contribution < 1.29 is 28.5 Å². The Bertz CT molecular complexity index is 1010. The second-order valence-electron chi connectivity index (χ2n) is 7.06. The van der Waals surface area contributed by atoms with Gasteiger partial charge in [0.25, 0.3) is 0 Å². The van der Waals surface area contributed by atoms with Crippen molar-refractivity contribution in [1.29, 1.82) is 0 Å². The van der Waals surface area contributed by atoms with E-state index in [1.165, 1.54) is 0 Å². The first-order valence-corrected chi connectivity index (χ1v) is 10.5. The van der Waals surface area contributed by atoms with E-state index in [2.05, 4.69) is 6.92 Å². The summed E-state index contributed by atoms with van der Waals surface area (Å²) in [6.45, 7) is 2.80. The molecule has 0 fully saturated rings. The van der Waals surface area contributed by atoms with Gasteiger partial charge in [0.2, 0.25) is 0 Å². The molecule has 0 heterocycles. The number of unbranched alkanes of at least 4 members (excludes halogenated alkanes) is 2. The van der Waals surface area contributed by atoms with Gasteiger partial charge in [0.1, 0.15) is 23.0 Å². The third-order valence-electron chi connectivity index (χ3n) is 4.68. The van der Waals surface area contributed by atoms with E-state index in [-0.39, 0.29) is 0 Å². The highest BCUT2D eigenvalue weighted by Gasteiger charge is 2.11. The summed E-state index contributed by atoms with van der Waals surface area (Å²) in [6, 6.07) is 19.7. The number of carbonyl (C=O) groups is 2. The third kappa shape index (κ3) is 6.60. The molecule has 0 N–H and O–H groups in total. The predicted molar refractivity (Wildman–Crippen MR) is 121 cm³/mol. The summed E-state index contributed by atoms with van der Waals surface area (Å²) in [4.78, 5) is 24.6. The molecule has 0 aliphatic rings. The summed E-state index contributed by atoms with van der Waals surface area (Å²) >= 11 is 0. The second kappa shape index (κ2) is 11.6. The van der Waals surface area contributed by atoms with Crippen molar-refractivity contribution >= 4 is 11.9 Å². The maximum absolute atomic E-state index is 12.4. The number of methoxy groups -OCH3 is 1. The first-order chi connectivity index (χ1) is 15.6. The van der Waals surface area contributed by atoms with Crippen LogP contribution in [0.2, 0.25) is 0 Å². The van der Waals surface area contributed by atoms with Crippen LogP contribution in [-0.4, -0.2) is 25.7 Å². The summed E-state index contributed by atoms with van der Waals surface area (Å²) in [6.07, 6.45) is 3.27. The molecule has 166 valence electrons. The van der Waals surface area contributed by atoms with Crippen LogP contribution < -0.4 is 18.9 Å². The van der Waals surface area contributed by atoms with Gasteiger partial charge in [-0.2, -0.15) is 0 Å². The lowest BCUT2D eigenvalue weighted by atomic mass is 10.2. The van der Waals surface area contributed by atoms with Crippen LogP contribution in [-0.2, 0) is 0 Å². The molecule has 0 bridgehead atoms. The highest BCUT2D eigenvalue weighted by molar-refractivity contribution is 5.92. The Hall–Kier alpha value is -3.80. The van der Waals surface area contributed by atoms with Crippen LogP contribution in [0.5, 0.6) is 23.0 Å². The first kappa shape index (κ1) is 22.9. The van der Waals surface area contributed by atoms with Crippen LogP contribution in [0.3, 0.4) is 0 Å². The SMILES string of the molecule is CCCCCOc1ccc(C(=O)Oc2ccc(OC(=O)c3ccc(OC)cc3)cc2)cc1. The highest BCUT2D eigenvalue weighted by Crippen LogP contribution is 2.21. The van der Waals surface area contributed by atoms with E-state index in [1.54, 1.807) is 79.9 Å². The van der Waals surface area contributed by atoms with E-state index in [4.69, 9.17) is 18.9 Å². The smallest absolute Gasteiger partial charge is 0.343 e. The van der Waals surface area contributed by atoms with E-state index in [0.29, 0.717) is 35.0 Å². The highest BCUT2D eigenvalue weighted by atomic mass is 16.5. The summed E-state index contributed by atoms with van der Waals surface area (Å²) in [7, 11) is 1.56. The monoisotopic (exact) mass is 434 g/mol. The largest absolute Gasteiger partial charge is 0.497 e. The van der Waals surface area contributed by atoms with E-state index in [9.17, 15) is 9.59 Å². The average Bonchev–Trinajstić information content (AvgIpc) is 2.83. The number of hydrogen-bond donors (Lipinski definition) is 0. The molecule has 0 atom stereocenters. The van der Waals surface area contributed by atoms with Gasteiger partial charge in [-0.05, 0) is 79.2 Å². The zero-order valence-corrected chi connectivity index (χ0v) is 18.2. The molecule has 0 saturated carbocycles. The van der Waals surface area contributed by atoms with Crippen molar-refractivity contribution in [2.24, 2.45) is 0 Å². The fourth-order valence-electron chi connectivity index (χ4n) is 2.86. The van der Waals surface area contributed by atoms with Gasteiger partial charge in [0, 0.05) is 0 Å². The summed E-state index contributed by atoms with van der Waals surface area (Å²) in [5.41, 5.74) is 0.819. The lowest BCUT2D eigenvalue weighted by Crippen LogP contribution is -2.09. The molecule has 0 aromatic heterocycles. The van der Waals surface area contributed by atoms with Gasteiger partial charge in [-0.15, -0.1) is 0 Å². The average molecular weight is 434 g/mol. The second-order valence-corrected chi connectivity index (χ2v) is 7.06. The number of ether oxygens (including phenoxy) is 4. The van der Waals surface area contributed by atoms with Gasteiger partial charge in [0.05, 0.1) is 24.8 Å². The Balaban J connectivity index is 1.52. The van der Waals surface area contributed by atoms with Crippen LogP contribution in [0.4, 0.5) is 0 Å². The van der Waals surface area contributed by atoms with Crippen molar-refractivity contribution in [3.8, 4) is 23.0 Å². The Kier molecular flexibility index (Phi) is 8.26. The van der Waals surface area contributed by atoms with E-state index in [1.807, 2.05) is 0 Å². The van der Waals surface area contributed by atoms with Crippen molar-refractivity contribution in [3.63, 3.8) is 0 Å². The molecule has 0 unspecified atom stereocenters. The van der Waals surface area contributed by atoms with Crippen molar-refractivity contribution in [1.82, 2.24) is 0 Å². The molecule has 0 aliphatic heterocycles. The lowest BCUT2D eigenvalue weighted by Gasteiger charge is -2.08. The molecule has 0 spiro atoms. The lowest BCUT2D eigenvalue weighted by molar-refractivity contribution is 0.0719. The van der Waals surface area contributed by atoms with Crippen molar-refractivity contribution in [3.05, 3.63) is 83.9 Å². The molecule has 0 amide bonds. The predicted octanol–water partition coefficient (Wildman–Crippen LogP) is 5.70. The summed E-state index contributed by atoms with van der Waals surface area (Å²) in [5, 5.41) is 0. The van der Waals surface area contributed by atoms with Crippen LogP contribution in [0.1, 0.15) is 46.9 Å². The third-order valence-corrected chi connectivity index (χ3v) is 4.68. The number of esters is 2. The summed E-state index contributed by atoms with van der Waals surface area (Å²) in [5.74, 6) is 1.09. The Morgan fingerprint density at radius 2 is 1.06 bits per heavy atom. The molecule has 3 aromatic carbocycles. The minimum Gasteiger partial charge on any atom is -0.497 e. The maximum Gasteiger partial charge on any atom is 0.343 e. The molecule has 6 nitrogen and oxygen atoms in total. The Morgan fingerprint density at radius 1 is 0.625 bits per heavy atom. The molecule has 0 radical (unpaired) electrons. The number of rotatable bonds is 10. The zero-order valence-electron chi connectivity index (χ0n) is 18.2. The molecule has 32 heavy (non-hydrogen) atoms. The molecule has 3 aromatic rings. The zero-order chi connectivity index (χ0) is 22.8. The fourth-order valence-corrected chi connectivity index (χ4v) is 2.86. The normalized spacial score (nSPS) is 10.3. The Morgan fingerprint density at radius 3 is 1.50 bits per heavy atom. The standard InChI is InChI=1S/C26H26O6/c1-3-4-5-18-30-22-12-8-20(9-13-22)26(28)32-24-16-14-23(15-17-24)31-25(27)19-6-10-21(29-2)11-7-19/h6-17H,3-5,18H2,1-2H3. The van der Waals surface area contributed by atoms with Crippen LogP contribution in [0.25, 0.3) is 0 Å². The fraction of sp³-hybridized carbons (Fsp3) is 0.231. The first-order valence-electron chi connectivity index (χ1n) is 10.5. The van der Waals surface area contributed by atoms with Gasteiger partial charge < -0.3 is 18.9 Å². The van der Waals surface area contributed by atoms with Gasteiger partial charge >= 0.3 is 11.9 Å². The van der Waals surface area contributed by atoms with Gasteiger partial charge in [-0.25, -0.2) is 9.59 Å². The van der Waals surface area contributed by atoms with Crippen LogP contribution in [0.15, 0.2) is 72.8 Å². The van der Waals surface area contributed by atoms with Crippen molar-refractivity contribution in [2.45, 2.75) is 26.2 Å². The molecular formula is C26H26O6. The summed E-state index contributed by atoms with van der Waals surface area (Å²) < 4.78 is 21.5. The minimum absolute atomic E-state index is 0.343. The van der Waals surface area contributed by atoms with E-state index in [0.717, 1.165) is 25.0 Å². The topological polar surface area (TPSA) is 71.1 Å². The molecule has 0 saturated heterocycles. The van der Waals surface area contributed by atoms with E-state index >= 15 is 0 Å². The molecule has 6 heteroatoms. The number of hydrogen-bond acceptors (Lipinski definition) is 6. The Labute approximate surface area is 187 Å². The van der Waals surface area contributed by atoms with Gasteiger partial charge in [0.15, 0.2) is 0 Å². The van der Waals surface area contributed by atoms with Crippen LogP contribution in [0, 0.1) is 0 Å².